The van der Waals surface area contributed by atoms with E-state index in [0.717, 1.165) is 22.5 Å². The first kappa shape index (κ1) is 17.8. The molecule has 0 unspecified atom stereocenters. The zero-order valence-corrected chi connectivity index (χ0v) is 16.0. The van der Waals surface area contributed by atoms with Crippen LogP contribution >= 0.6 is 0 Å². The minimum Gasteiger partial charge on any atom is -0.324 e. The highest BCUT2D eigenvalue weighted by molar-refractivity contribution is 6.07. The number of carbonyl (C=O) groups is 2. The van der Waals surface area contributed by atoms with Crippen LogP contribution in [-0.4, -0.2) is 16.7 Å². The maximum absolute atomic E-state index is 13.5. The van der Waals surface area contributed by atoms with Crippen LogP contribution in [0.2, 0.25) is 0 Å². The Bertz CT molecular complexity index is 1080. The lowest BCUT2D eigenvalue weighted by Gasteiger charge is -2.30. The standard InChI is InChI=1S/C24H21N3O2/c1-15(28)20-21(19-13-7-8-14-25-19)24(27-22(20)16-9-3-2-4-10-16)17-11-5-6-12-18(17)26-23(24)29/h2-14,20-22,27H,1H3,(H,26,29)/t20-,21-,22-,24+/m1/s1. The molecule has 4 atom stereocenters. The second-order valence-corrected chi connectivity index (χ2v) is 7.71. The Labute approximate surface area is 169 Å². The fourth-order valence-electron chi connectivity index (χ4n) is 5.00. The van der Waals surface area contributed by atoms with Gasteiger partial charge in [-0.15, -0.1) is 0 Å². The topological polar surface area (TPSA) is 71.1 Å². The van der Waals surface area contributed by atoms with Crippen molar-refractivity contribution in [2.75, 3.05) is 5.32 Å². The highest BCUT2D eigenvalue weighted by atomic mass is 16.2. The average molecular weight is 383 g/mol. The maximum atomic E-state index is 13.5. The van der Waals surface area contributed by atoms with E-state index >= 15 is 0 Å². The van der Waals surface area contributed by atoms with Crippen molar-refractivity contribution in [3.05, 3.63) is 95.8 Å². The molecule has 2 aliphatic heterocycles. The monoisotopic (exact) mass is 383 g/mol. The van der Waals surface area contributed by atoms with Crippen LogP contribution in [0.25, 0.3) is 0 Å². The summed E-state index contributed by atoms with van der Waals surface area (Å²) in [6.07, 6.45) is 1.72. The first-order valence-corrected chi connectivity index (χ1v) is 9.78. The molecule has 1 fully saturated rings. The number of benzene rings is 2. The summed E-state index contributed by atoms with van der Waals surface area (Å²) in [5, 5.41) is 6.62. The van der Waals surface area contributed by atoms with E-state index in [1.54, 1.807) is 13.1 Å². The molecule has 5 rings (SSSR count). The summed E-state index contributed by atoms with van der Waals surface area (Å²) in [6.45, 7) is 1.61. The van der Waals surface area contributed by atoms with Crippen LogP contribution in [0.3, 0.4) is 0 Å². The Morgan fingerprint density at radius 2 is 1.69 bits per heavy atom. The predicted molar refractivity (Wildman–Crippen MR) is 110 cm³/mol. The highest BCUT2D eigenvalue weighted by Gasteiger charge is 2.63. The number of Topliss-reactive ketones (excluding diaryl/α,β-unsaturated/α-hetero) is 1. The SMILES string of the molecule is CC(=O)[C@H]1[C@@H](c2ccccc2)N[C@]2(C(=O)Nc3ccccc32)[C@@H]1c1ccccn1. The van der Waals surface area contributed by atoms with Crippen molar-refractivity contribution < 1.29 is 9.59 Å². The fourth-order valence-corrected chi connectivity index (χ4v) is 5.00. The molecule has 2 aliphatic rings. The van der Waals surface area contributed by atoms with E-state index in [1.165, 1.54) is 0 Å². The first-order valence-electron chi connectivity index (χ1n) is 9.78. The quantitative estimate of drug-likeness (QED) is 0.725. The van der Waals surface area contributed by atoms with E-state index < -0.39 is 17.4 Å². The third-order valence-electron chi connectivity index (χ3n) is 6.16. The van der Waals surface area contributed by atoms with Crippen molar-refractivity contribution in [3.8, 4) is 0 Å². The Hall–Kier alpha value is -3.31. The van der Waals surface area contributed by atoms with E-state index in [2.05, 4.69) is 15.6 Å². The fraction of sp³-hybridized carbons (Fsp3) is 0.208. The number of anilines is 1. The Morgan fingerprint density at radius 3 is 2.41 bits per heavy atom. The number of fused-ring (bicyclic) bond motifs is 2. The van der Waals surface area contributed by atoms with E-state index in [-0.39, 0.29) is 17.7 Å². The van der Waals surface area contributed by atoms with Gasteiger partial charge in [0.2, 0.25) is 5.91 Å². The summed E-state index contributed by atoms with van der Waals surface area (Å²) in [5.74, 6) is -0.950. The molecule has 29 heavy (non-hydrogen) atoms. The summed E-state index contributed by atoms with van der Waals surface area (Å²) < 4.78 is 0. The van der Waals surface area contributed by atoms with Crippen LogP contribution in [-0.2, 0) is 15.1 Å². The number of carbonyl (C=O) groups excluding carboxylic acids is 2. The molecule has 2 aromatic carbocycles. The van der Waals surface area contributed by atoms with Crippen molar-refractivity contribution in [2.45, 2.75) is 24.4 Å². The van der Waals surface area contributed by atoms with Crippen molar-refractivity contribution in [2.24, 2.45) is 5.92 Å². The molecule has 2 N–H and O–H groups in total. The van der Waals surface area contributed by atoms with E-state index in [4.69, 9.17) is 0 Å². The molecule has 144 valence electrons. The average Bonchev–Trinajstić information content (AvgIpc) is 3.26. The number of rotatable bonds is 3. The van der Waals surface area contributed by atoms with Crippen LogP contribution < -0.4 is 10.6 Å². The van der Waals surface area contributed by atoms with Crippen LogP contribution in [0.15, 0.2) is 79.0 Å². The second kappa shape index (κ2) is 6.64. The molecule has 0 radical (unpaired) electrons. The molecular weight excluding hydrogens is 362 g/mol. The predicted octanol–water partition coefficient (Wildman–Crippen LogP) is 3.56. The molecule has 1 aromatic heterocycles. The molecular formula is C24H21N3O2. The maximum Gasteiger partial charge on any atom is 0.250 e. The second-order valence-electron chi connectivity index (χ2n) is 7.71. The zero-order chi connectivity index (χ0) is 20.0. The van der Waals surface area contributed by atoms with Crippen molar-refractivity contribution >= 4 is 17.4 Å². The van der Waals surface area contributed by atoms with Crippen molar-refractivity contribution in [1.29, 1.82) is 0 Å². The van der Waals surface area contributed by atoms with E-state index in [0.29, 0.717) is 0 Å². The molecule has 0 saturated carbocycles. The molecule has 1 amide bonds. The van der Waals surface area contributed by atoms with Gasteiger partial charge in [0.15, 0.2) is 0 Å². The largest absolute Gasteiger partial charge is 0.324 e. The summed E-state index contributed by atoms with van der Waals surface area (Å²) in [6, 6.07) is 22.9. The van der Waals surface area contributed by atoms with Gasteiger partial charge < -0.3 is 5.32 Å². The smallest absolute Gasteiger partial charge is 0.250 e. The van der Waals surface area contributed by atoms with Gasteiger partial charge in [0.05, 0.1) is 0 Å². The Balaban J connectivity index is 1.78. The summed E-state index contributed by atoms with van der Waals surface area (Å²) in [5.41, 5.74) is 2.32. The lowest BCUT2D eigenvalue weighted by atomic mass is 9.71. The molecule has 1 spiro atoms. The van der Waals surface area contributed by atoms with Gasteiger partial charge in [-0.1, -0.05) is 54.6 Å². The molecule has 1 saturated heterocycles. The number of nitrogens with zero attached hydrogens (tertiary/aromatic N) is 1. The lowest BCUT2D eigenvalue weighted by molar-refractivity contribution is -0.123. The van der Waals surface area contributed by atoms with Gasteiger partial charge in [0, 0.05) is 41.0 Å². The molecule has 5 heteroatoms. The van der Waals surface area contributed by atoms with Gasteiger partial charge in [0.1, 0.15) is 11.3 Å². The van der Waals surface area contributed by atoms with Crippen LogP contribution in [0, 0.1) is 5.92 Å². The van der Waals surface area contributed by atoms with E-state index in [9.17, 15) is 9.59 Å². The van der Waals surface area contributed by atoms with E-state index in [1.807, 2.05) is 72.8 Å². The van der Waals surface area contributed by atoms with Gasteiger partial charge in [0.25, 0.3) is 0 Å². The van der Waals surface area contributed by atoms with Gasteiger partial charge >= 0.3 is 0 Å². The molecule has 0 bridgehead atoms. The minimum absolute atomic E-state index is 0.0380. The van der Waals surface area contributed by atoms with Crippen LogP contribution in [0.1, 0.15) is 35.7 Å². The number of hydrogen-bond donors (Lipinski definition) is 2. The zero-order valence-electron chi connectivity index (χ0n) is 16.0. The third-order valence-corrected chi connectivity index (χ3v) is 6.16. The number of pyridine rings is 1. The first-order chi connectivity index (χ1) is 14.1. The van der Waals surface area contributed by atoms with Gasteiger partial charge in [-0.25, -0.2) is 0 Å². The number of hydrogen-bond acceptors (Lipinski definition) is 4. The highest BCUT2D eigenvalue weighted by Crippen LogP contribution is 2.57. The normalized spacial score (nSPS) is 27.6. The Kier molecular flexibility index (Phi) is 4.07. The lowest BCUT2D eigenvalue weighted by Crippen LogP contribution is -2.47. The Morgan fingerprint density at radius 1 is 0.966 bits per heavy atom. The molecule has 3 aromatic rings. The number of ketones is 1. The number of nitrogens with one attached hydrogen (secondary N) is 2. The molecule has 3 heterocycles. The number of amides is 1. The number of para-hydroxylation sites is 1. The van der Waals surface area contributed by atoms with Crippen LogP contribution in [0.5, 0.6) is 0 Å². The number of aromatic nitrogens is 1. The van der Waals surface area contributed by atoms with Crippen LogP contribution in [0.4, 0.5) is 5.69 Å². The van der Waals surface area contributed by atoms with Crippen molar-refractivity contribution in [1.82, 2.24) is 10.3 Å². The van der Waals surface area contributed by atoms with Gasteiger partial charge in [-0.05, 0) is 30.7 Å². The molecule has 0 aliphatic carbocycles. The summed E-state index contributed by atoms with van der Waals surface area (Å²) in [7, 11) is 0. The molecule has 5 nitrogen and oxygen atoms in total. The summed E-state index contributed by atoms with van der Waals surface area (Å²) in [4.78, 5) is 31.0. The third kappa shape index (κ3) is 2.54. The van der Waals surface area contributed by atoms with Gasteiger partial charge in [-0.2, -0.15) is 0 Å². The van der Waals surface area contributed by atoms with Crippen molar-refractivity contribution in [3.63, 3.8) is 0 Å². The van der Waals surface area contributed by atoms with Gasteiger partial charge in [-0.3, -0.25) is 19.9 Å². The minimum atomic E-state index is -1.05. The summed E-state index contributed by atoms with van der Waals surface area (Å²) >= 11 is 0.